The van der Waals surface area contributed by atoms with Gasteiger partial charge in [0.05, 0.1) is 7.11 Å². The van der Waals surface area contributed by atoms with Crippen molar-refractivity contribution in [2.24, 2.45) is 0 Å². The number of carbonyl (C=O) groups is 1. The number of aromatic hydroxyl groups is 1. The molecule has 0 saturated carbocycles. The molecule has 0 bridgehead atoms. The summed E-state index contributed by atoms with van der Waals surface area (Å²) in [5.41, 5.74) is 4.63. The van der Waals surface area contributed by atoms with E-state index >= 15 is 0 Å². The van der Waals surface area contributed by atoms with Crippen molar-refractivity contribution < 1.29 is 19.4 Å². The molecule has 6 nitrogen and oxygen atoms in total. The van der Waals surface area contributed by atoms with E-state index in [1.54, 1.807) is 38.6 Å². The maximum absolute atomic E-state index is 11.9. The van der Waals surface area contributed by atoms with Crippen LogP contribution in [0.5, 0.6) is 17.2 Å². The predicted octanol–water partition coefficient (Wildman–Crippen LogP) is 6.53. The first-order valence-corrected chi connectivity index (χ1v) is 13.3. The van der Waals surface area contributed by atoms with E-state index in [2.05, 4.69) is 23.1 Å². The molecule has 1 aliphatic heterocycles. The summed E-state index contributed by atoms with van der Waals surface area (Å²) >= 11 is 1.66. The number of likely N-dealkylation sites (tertiary alicyclic amines) is 1. The van der Waals surface area contributed by atoms with E-state index in [9.17, 15) is 9.90 Å². The number of phenolic OH excluding ortho intramolecular Hbond substituents is 1. The minimum Gasteiger partial charge on any atom is -0.508 e. The quantitative estimate of drug-likeness (QED) is 0.303. The van der Waals surface area contributed by atoms with E-state index in [1.165, 1.54) is 34.4 Å². The van der Waals surface area contributed by atoms with Crippen LogP contribution in [0.15, 0.2) is 60.7 Å². The first-order valence-electron chi connectivity index (χ1n) is 12.5. The number of phenols is 1. The molecule has 1 saturated heterocycles. The molecular weight excluding hydrogens is 484 g/mol. The number of carbonyl (C=O) groups excluding carboxylic acids is 1. The molecule has 1 N–H and O–H groups in total. The van der Waals surface area contributed by atoms with Gasteiger partial charge in [0.2, 0.25) is 0 Å². The molecule has 5 rings (SSSR count). The standard InChI is InChI=1S/C30H32N2O4S/c1-31(2)30(34)36-24-11-8-21(9-12-24)29-26(25-13-10-23(33)18-28(25)37-29)16-20-6-7-22(27(17-20)35-3)19-32-14-4-5-15-32/h6-13,17-18,33H,4-5,14-16,19H2,1-3H3. The molecule has 37 heavy (non-hydrogen) atoms. The summed E-state index contributed by atoms with van der Waals surface area (Å²) in [6, 6.07) is 19.7. The zero-order chi connectivity index (χ0) is 25.9. The third-order valence-corrected chi connectivity index (χ3v) is 8.03. The van der Waals surface area contributed by atoms with Crippen LogP contribution in [0.25, 0.3) is 20.5 Å². The number of nitrogens with zero attached hydrogens (tertiary/aromatic N) is 2. The van der Waals surface area contributed by atoms with Gasteiger partial charge in [0.1, 0.15) is 17.2 Å². The number of methoxy groups -OCH3 is 1. The summed E-state index contributed by atoms with van der Waals surface area (Å²) < 4.78 is 12.2. The van der Waals surface area contributed by atoms with Gasteiger partial charge < -0.3 is 19.5 Å². The third kappa shape index (κ3) is 5.58. The van der Waals surface area contributed by atoms with Gasteiger partial charge in [-0.15, -0.1) is 11.3 Å². The van der Waals surface area contributed by atoms with Gasteiger partial charge >= 0.3 is 6.09 Å². The highest BCUT2D eigenvalue weighted by atomic mass is 32.1. The van der Waals surface area contributed by atoms with Crippen LogP contribution in [0.2, 0.25) is 0 Å². The molecule has 7 heteroatoms. The Morgan fingerprint density at radius 2 is 1.78 bits per heavy atom. The Morgan fingerprint density at radius 3 is 2.49 bits per heavy atom. The van der Waals surface area contributed by atoms with Crippen LogP contribution in [0, 0.1) is 0 Å². The summed E-state index contributed by atoms with van der Waals surface area (Å²) in [6.07, 6.45) is 2.86. The lowest BCUT2D eigenvalue weighted by Gasteiger charge is -2.18. The van der Waals surface area contributed by atoms with E-state index in [-0.39, 0.29) is 5.75 Å². The number of thiophene rings is 1. The Morgan fingerprint density at radius 1 is 1.03 bits per heavy atom. The average Bonchev–Trinajstić information content (AvgIpc) is 3.53. The Bertz CT molecular complexity index is 1410. The fourth-order valence-corrected chi connectivity index (χ4v) is 6.09. The summed E-state index contributed by atoms with van der Waals surface area (Å²) in [5.74, 6) is 1.68. The number of amides is 1. The van der Waals surface area contributed by atoms with Crippen LogP contribution >= 0.6 is 11.3 Å². The van der Waals surface area contributed by atoms with E-state index in [4.69, 9.17) is 9.47 Å². The van der Waals surface area contributed by atoms with Gasteiger partial charge in [-0.2, -0.15) is 0 Å². The van der Waals surface area contributed by atoms with E-state index in [0.717, 1.165) is 52.3 Å². The first kappa shape index (κ1) is 25.1. The smallest absolute Gasteiger partial charge is 0.414 e. The second-order valence-electron chi connectivity index (χ2n) is 9.68. The van der Waals surface area contributed by atoms with E-state index in [0.29, 0.717) is 5.75 Å². The van der Waals surface area contributed by atoms with Crippen molar-refractivity contribution in [2.45, 2.75) is 25.8 Å². The van der Waals surface area contributed by atoms with Gasteiger partial charge in [0, 0.05) is 35.8 Å². The van der Waals surface area contributed by atoms with Gasteiger partial charge in [0.15, 0.2) is 0 Å². The summed E-state index contributed by atoms with van der Waals surface area (Å²) in [6.45, 7) is 3.21. The number of hydrogen-bond acceptors (Lipinski definition) is 6. The largest absolute Gasteiger partial charge is 0.508 e. The normalized spacial score (nSPS) is 13.7. The highest BCUT2D eigenvalue weighted by Gasteiger charge is 2.18. The Balaban J connectivity index is 1.47. The number of rotatable bonds is 7. The van der Waals surface area contributed by atoms with Crippen molar-refractivity contribution in [3.05, 3.63) is 77.4 Å². The first-order chi connectivity index (χ1) is 17.9. The van der Waals surface area contributed by atoms with Crippen LogP contribution in [0.1, 0.15) is 29.5 Å². The van der Waals surface area contributed by atoms with Crippen LogP contribution in [-0.2, 0) is 13.0 Å². The zero-order valence-electron chi connectivity index (χ0n) is 21.5. The van der Waals surface area contributed by atoms with Crippen molar-refractivity contribution in [2.75, 3.05) is 34.3 Å². The molecule has 1 amide bonds. The van der Waals surface area contributed by atoms with E-state index in [1.807, 2.05) is 36.4 Å². The molecule has 1 aromatic heterocycles. The van der Waals surface area contributed by atoms with Crippen LogP contribution in [0.3, 0.4) is 0 Å². The molecule has 1 aliphatic rings. The Kier molecular flexibility index (Phi) is 7.35. The van der Waals surface area contributed by atoms with Crippen molar-refractivity contribution in [1.29, 1.82) is 0 Å². The molecule has 0 atom stereocenters. The average molecular weight is 517 g/mol. The zero-order valence-corrected chi connectivity index (χ0v) is 22.3. The van der Waals surface area contributed by atoms with Crippen LogP contribution < -0.4 is 9.47 Å². The minimum absolute atomic E-state index is 0.255. The number of hydrogen-bond donors (Lipinski definition) is 1. The monoisotopic (exact) mass is 516 g/mol. The fourth-order valence-electron chi connectivity index (χ4n) is 4.83. The highest BCUT2D eigenvalue weighted by Crippen LogP contribution is 2.42. The molecule has 0 radical (unpaired) electrons. The van der Waals surface area contributed by atoms with Crippen molar-refractivity contribution >= 4 is 27.5 Å². The lowest BCUT2D eigenvalue weighted by Crippen LogP contribution is -2.25. The van der Waals surface area contributed by atoms with E-state index < -0.39 is 6.09 Å². The maximum Gasteiger partial charge on any atom is 0.414 e. The number of benzene rings is 3. The van der Waals surface area contributed by atoms with Crippen LogP contribution in [-0.4, -0.2) is 55.3 Å². The van der Waals surface area contributed by atoms with Gasteiger partial charge in [-0.25, -0.2) is 4.79 Å². The number of ether oxygens (including phenoxy) is 2. The molecule has 0 unspecified atom stereocenters. The van der Waals surface area contributed by atoms with Gasteiger partial charge in [0.25, 0.3) is 0 Å². The highest BCUT2D eigenvalue weighted by molar-refractivity contribution is 7.22. The summed E-state index contributed by atoms with van der Waals surface area (Å²) in [4.78, 5) is 16.9. The summed E-state index contributed by atoms with van der Waals surface area (Å²) in [5, 5.41) is 11.2. The molecule has 3 aromatic carbocycles. The number of fused-ring (bicyclic) bond motifs is 1. The molecular formula is C30H32N2O4S. The summed E-state index contributed by atoms with van der Waals surface area (Å²) in [7, 11) is 5.05. The molecule has 0 spiro atoms. The molecule has 0 aliphatic carbocycles. The van der Waals surface area contributed by atoms with Crippen molar-refractivity contribution in [1.82, 2.24) is 9.80 Å². The molecule has 4 aromatic rings. The Hall–Kier alpha value is -3.55. The SMILES string of the molecule is COc1cc(Cc2c(-c3ccc(OC(=O)N(C)C)cc3)sc3cc(O)ccc23)ccc1CN1CCCC1. The van der Waals surface area contributed by atoms with Gasteiger partial charge in [-0.3, -0.25) is 4.90 Å². The lowest BCUT2D eigenvalue weighted by atomic mass is 9.97. The molecule has 2 heterocycles. The second kappa shape index (κ2) is 10.8. The lowest BCUT2D eigenvalue weighted by molar-refractivity contribution is 0.172. The maximum atomic E-state index is 11.9. The Labute approximate surface area is 221 Å². The second-order valence-corrected chi connectivity index (χ2v) is 10.7. The van der Waals surface area contributed by atoms with Gasteiger partial charge in [-0.1, -0.05) is 12.1 Å². The van der Waals surface area contributed by atoms with Crippen LogP contribution in [0.4, 0.5) is 4.79 Å². The third-order valence-electron chi connectivity index (χ3n) is 6.79. The minimum atomic E-state index is -0.409. The van der Waals surface area contributed by atoms with Crippen molar-refractivity contribution in [3.8, 4) is 27.7 Å². The predicted molar refractivity (Wildman–Crippen MR) is 149 cm³/mol. The van der Waals surface area contributed by atoms with Gasteiger partial charge in [-0.05, 0) is 103 Å². The topological polar surface area (TPSA) is 62.2 Å². The van der Waals surface area contributed by atoms with Crippen molar-refractivity contribution in [3.63, 3.8) is 0 Å². The molecule has 192 valence electrons. The molecule has 1 fully saturated rings. The fraction of sp³-hybridized carbons (Fsp3) is 0.300.